The first-order valence-electron chi connectivity index (χ1n) is 9.12. The van der Waals surface area contributed by atoms with E-state index in [4.69, 9.17) is 4.74 Å². The fraction of sp³-hybridized carbons (Fsp3) is 0.0909. The van der Waals surface area contributed by atoms with Gasteiger partial charge in [0.1, 0.15) is 11.6 Å². The van der Waals surface area contributed by atoms with Crippen molar-refractivity contribution in [3.63, 3.8) is 0 Å². The molecule has 0 bridgehead atoms. The molecule has 0 aliphatic heterocycles. The summed E-state index contributed by atoms with van der Waals surface area (Å²) in [6.07, 6.45) is 6.53. The number of carbonyl (C=O) groups excluding carboxylic acids is 1. The summed E-state index contributed by atoms with van der Waals surface area (Å²) in [4.78, 5) is 33.7. The number of pyridine rings is 3. The zero-order valence-electron chi connectivity index (χ0n) is 16.1. The van der Waals surface area contributed by atoms with Gasteiger partial charge in [0.05, 0.1) is 12.7 Å². The van der Waals surface area contributed by atoms with E-state index in [9.17, 15) is 9.59 Å². The van der Waals surface area contributed by atoms with E-state index in [2.05, 4.69) is 15.3 Å². The summed E-state index contributed by atoms with van der Waals surface area (Å²) in [7, 11) is 1.42. The van der Waals surface area contributed by atoms with Gasteiger partial charge in [0.2, 0.25) is 0 Å². The maximum Gasteiger partial charge on any atom is 0.260 e. The smallest absolute Gasteiger partial charge is 0.260 e. The quantitative estimate of drug-likeness (QED) is 0.519. The van der Waals surface area contributed by atoms with Gasteiger partial charge < -0.3 is 10.1 Å². The summed E-state index contributed by atoms with van der Waals surface area (Å²) in [5.74, 6) is 0.263. The van der Waals surface area contributed by atoms with Gasteiger partial charge in [0.15, 0.2) is 0 Å². The van der Waals surface area contributed by atoms with Crippen LogP contribution in [0, 0.1) is 0 Å². The zero-order chi connectivity index (χ0) is 20.9. The minimum absolute atomic E-state index is 0.204. The van der Waals surface area contributed by atoms with Crippen molar-refractivity contribution >= 4 is 17.2 Å². The molecule has 0 aliphatic rings. The van der Waals surface area contributed by atoms with Crippen LogP contribution in [0.25, 0.3) is 16.9 Å². The Morgan fingerprint density at radius 3 is 2.83 bits per heavy atom. The normalized spacial score (nSPS) is 10.6. The van der Waals surface area contributed by atoms with Crippen LogP contribution < -0.4 is 15.6 Å². The molecule has 4 heterocycles. The second kappa shape index (κ2) is 8.71. The summed E-state index contributed by atoms with van der Waals surface area (Å²) < 4.78 is 6.57. The molecule has 1 amide bonds. The predicted octanol–water partition coefficient (Wildman–Crippen LogP) is 3.29. The lowest BCUT2D eigenvalue weighted by molar-refractivity contribution is 0.0947. The number of hydrogen-bond donors (Lipinski definition) is 1. The van der Waals surface area contributed by atoms with Crippen LogP contribution in [-0.2, 0) is 6.54 Å². The summed E-state index contributed by atoms with van der Waals surface area (Å²) in [6.45, 7) is 0.287. The van der Waals surface area contributed by atoms with Crippen LogP contribution >= 0.6 is 11.3 Å². The van der Waals surface area contributed by atoms with Crippen LogP contribution in [0.2, 0.25) is 0 Å². The van der Waals surface area contributed by atoms with Gasteiger partial charge in [-0.1, -0.05) is 6.07 Å². The van der Waals surface area contributed by atoms with Crippen LogP contribution in [0.1, 0.15) is 15.9 Å². The van der Waals surface area contributed by atoms with Crippen LogP contribution in [0.5, 0.6) is 5.75 Å². The molecule has 7 nitrogen and oxygen atoms in total. The molecule has 30 heavy (non-hydrogen) atoms. The van der Waals surface area contributed by atoms with E-state index in [1.807, 2.05) is 22.9 Å². The van der Waals surface area contributed by atoms with E-state index in [0.29, 0.717) is 5.82 Å². The van der Waals surface area contributed by atoms with Gasteiger partial charge in [-0.05, 0) is 46.2 Å². The van der Waals surface area contributed by atoms with Crippen molar-refractivity contribution in [3.8, 4) is 22.7 Å². The molecule has 4 aromatic rings. The average Bonchev–Trinajstić information content (AvgIpc) is 3.33. The van der Waals surface area contributed by atoms with Crippen molar-refractivity contribution in [2.75, 3.05) is 7.11 Å². The van der Waals surface area contributed by atoms with Gasteiger partial charge in [0.25, 0.3) is 11.5 Å². The maximum absolute atomic E-state index is 12.9. The zero-order valence-corrected chi connectivity index (χ0v) is 16.9. The van der Waals surface area contributed by atoms with E-state index < -0.39 is 0 Å². The highest BCUT2D eigenvalue weighted by Gasteiger charge is 2.16. The summed E-state index contributed by atoms with van der Waals surface area (Å²) in [5.41, 5.74) is 2.84. The lowest BCUT2D eigenvalue weighted by Gasteiger charge is -2.12. The third-order valence-corrected chi connectivity index (χ3v) is 5.16. The minimum atomic E-state index is -0.363. The van der Waals surface area contributed by atoms with Crippen LogP contribution in [0.15, 0.2) is 76.7 Å². The number of methoxy groups -OCH3 is 1. The molecule has 0 radical (unpaired) electrons. The molecule has 4 rings (SSSR count). The standard InChI is InChI=1S/C22H18N4O3S/c1-29-19-9-21(27)26(20-4-2-3-6-24-20)13-18(19)22(28)25-11-15-8-17(12-23-10-15)16-5-7-30-14-16/h2-10,12-14H,11H2,1H3,(H,25,28). The second-order valence-corrected chi connectivity index (χ2v) is 7.21. The van der Waals surface area contributed by atoms with Crippen LogP contribution in [-0.4, -0.2) is 27.6 Å². The maximum atomic E-state index is 12.9. The Morgan fingerprint density at radius 2 is 2.10 bits per heavy atom. The molecule has 0 atom stereocenters. The predicted molar refractivity (Wildman–Crippen MR) is 115 cm³/mol. The van der Waals surface area contributed by atoms with Crippen molar-refractivity contribution < 1.29 is 9.53 Å². The highest BCUT2D eigenvalue weighted by molar-refractivity contribution is 7.08. The van der Waals surface area contributed by atoms with Crippen molar-refractivity contribution in [1.82, 2.24) is 19.9 Å². The first-order valence-corrected chi connectivity index (χ1v) is 10.1. The van der Waals surface area contributed by atoms with Gasteiger partial charge in [-0.3, -0.25) is 19.1 Å². The molecular formula is C22H18N4O3S. The monoisotopic (exact) mass is 418 g/mol. The highest BCUT2D eigenvalue weighted by atomic mass is 32.1. The largest absolute Gasteiger partial charge is 0.496 e. The van der Waals surface area contributed by atoms with Crippen LogP contribution in [0.3, 0.4) is 0 Å². The van der Waals surface area contributed by atoms with Gasteiger partial charge >= 0.3 is 0 Å². The van der Waals surface area contributed by atoms with Gasteiger partial charge in [-0.2, -0.15) is 11.3 Å². The van der Waals surface area contributed by atoms with E-state index >= 15 is 0 Å². The molecule has 1 N–H and O–H groups in total. The fourth-order valence-corrected chi connectivity index (χ4v) is 3.64. The number of amides is 1. The first kappa shape index (κ1) is 19.5. The summed E-state index contributed by atoms with van der Waals surface area (Å²) in [5, 5.41) is 6.92. The number of hydrogen-bond acceptors (Lipinski definition) is 6. The number of thiophene rings is 1. The Kier molecular flexibility index (Phi) is 5.67. The molecule has 0 aromatic carbocycles. The Hall–Kier alpha value is -3.78. The lowest BCUT2D eigenvalue weighted by Crippen LogP contribution is -2.27. The van der Waals surface area contributed by atoms with E-state index in [1.165, 1.54) is 23.9 Å². The van der Waals surface area contributed by atoms with E-state index in [1.54, 1.807) is 48.1 Å². The minimum Gasteiger partial charge on any atom is -0.496 e. The third-order valence-electron chi connectivity index (χ3n) is 4.48. The number of aromatic nitrogens is 3. The van der Waals surface area contributed by atoms with Gasteiger partial charge in [0, 0.05) is 43.0 Å². The number of nitrogens with one attached hydrogen (secondary N) is 1. The first-order chi connectivity index (χ1) is 14.7. The molecule has 0 fully saturated rings. The Labute approximate surface area is 176 Å². The number of carbonyl (C=O) groups is 1. The number of nitrogens with zero attached hydrogens (tertiary/aromatic N) is 3. The number of rotatable bonds is 6. The van der Waals surface area contributed by atoms with Gasteiger partial charge in [-0.25, -0.2) is 4.98 Å². The average molecular weight is 418 g/mol. The topological polar surface area (TPSA) is 86.1 Å². The third kappa shape index (κ3) is 4.13. The Balaban J connectivity index is 1.58. The van der Waals surface area contributed by atoms with Crippen LogP contribution in [0.4, 0.5) is 0 Å². The molecule has 0 spiro atoms. The molecule has 0 saturated heterocycles. The van der Waals surface area contributed by atoms with Crippen molar-refractivity contribution in [3.05, 3.63) is 93.4 Å². The molecule has 150 valence electrons. The molecule has 8 heteroatoms. The molecule has 4 aromatic heterocycles. The van der Waals surface area contributed by atoms with E-state index in [0.717, 1.165) is 16.7 Å². The van der Waals surface area contributed by atoms with Gasteiger partial charge in [-0.15, -0.1) is 0 Å². The van der Waals surface area contributed by atoms with Crippen molar-refractivity contribution in [2.24, 2.45) is 0 Å². The molecule has 0 saturated carbocycles. The number of ether oxygens (including phenoxy) is 1. The molecule has 0 unspecified atom stereocenters. The molecular weight excluding hydrogens is 400 g/mol. The van der Waals surface area contributed by atoms with Crippen molar-refractivity contribution in [1.29, 1.82) is 0 Å². The summed E-state index contributed by atoms with van der Waals surface area (Å²) in [6, 6.07) is 10.5. The second-order valence-electron chi connectivity index (χ2n) is 6.43. The highest BCUT2D eigenvalue weighted by Crippen LogP contribution is 2.22. The Morgan fingerprint density at radius 1 is 1.20 bits per heavy atom. The summed E-state index contributed by atoms with van der Waals surface area (Å²) >= 11 is 1.62. The SMILES string of the molecule is COc1cc(=O)n(-c2ccccn2)cc1C(=O)NCc1cncc(-c2ccsc2)c1. The lowest BCUT2D eigenvalue weighted by atomic mass is 10.1. The Bertz CT molecular complexity index is 1220. The van der Waals surface area contributed by atoms with E-state index in [-0.39, 0.29) is 29.3 Å². The van der Waals surface area contributed by atoms with Crippen molar-refractivity contribution in [2.45, 2.75) is 6.54 Å². The fourth-order valence-electron chi connectivity index (χ4n) is 2.98. The molecule has 0 aliphatic carbocycles.